The van der Waals surface area contributed by atoms with E-state index in [9.17, 15) is 0 Å². The fourth-order valence-electron chi connectivity index (χ4n) is 2.56. The molecule has 2 heterocycles. The second-order valence-corrected chi connectivity index (χ2v) is 6.28. The van der Waals surface area contributed by atoms with Gasteiger partial charge in [-0.2, -0.15) is 0 Å². The van der Waals surface area contributed by atoms with Gasteiger partial charge in [0.15, 0.2) is 0 Å². The molecule has 4 nitrogen and oxygen atoms in total. The quantitative estimate of drug-likeness (QED) is 0.833. The number of hydrogen-bond donors (Lipinski definition) is 1. The second-order valence-electron chi connectivity index (χ2n) is 6.28. The van der Waals surface area contributed by atoms with Gasteiger partial charge in [-0.25, -0.2) is 0 Å². The smallest absolute Gasteiger partial charge is 0.120 e. The number of nitrogens with zero attached hydrogens (tertiary/aromatic N) is 1. The van der Waals surface area contributed by atoms with Gasteiger partial charge < -0.3 is 14.5 Å². The van der Waals surface area contributed by atoms with Crippen molar-refractivity contribution < 1.29 is 9.15 Å². The van der Waals surface area contributed by atoms with Crippen LogP contribution >= 0.6 is 0 Å². The highest BCUT2D eigenvalue weighted by molar-refractivity contribution is 5.20. The van der Waals surface area contributed by atoms with Crippen LogP contribution in [0.5, 0.6) is 0 Å². The van der Waals surface area contributed by atoms with E-state index in [0.717, 1.165) is 50.8 Å². The van der Waals surface area contributed by atoms with Crippen LogP contribution in [0.1, 0.15) is 37.4 Å². The standard InChI is InChI=1S/C16H28N2O2/c1-12(2)8-17-9-16-13(3)7-15(20-16)10-18(4)14-5-6-19-11-14/h7,12,14,17H,5-6,8-11H2,1-4H3. The van der Waals surface area contributed by atoms with Crippen molar-refractivity contribution in [3.63, 3.8) is 0 Å². The Hall–Kier alpha value is -0.840. The Morgan fingerprint density at radius 3 is 2.90 bits per heavy atom. The van der Waals surface area contributed by atoms with Crippen LogP contribution in [-0.2, 0) is 17.8 Å². The summed E-state index contributed by atoms with van der Waals surface area (Å²) in [5.74, 6) is 2.79. The van der Waals surface area contributed by atoms with Gasteiger partial charge >= 0.3 is 0 Å². The molecule has 20 heavy (non-hydrogen) atoms. The summed E-state index contributed by atoms with van der Waals surface area (Å²) in [5.41, 5.74) is 1.24. The number of furan rings is 1. The Morgan fingerprint density at radius 1 is 1.45 bits per heavy atom. The molecular formula is C16H28N2O2. The van der Waals surface area contributed by atoms with Crippen LogP contribution < -0.4 is 5.32 Å². The molecule has 1 atom stereocenters. The first-order valence-corrected chi connectivity index (χ1v) is 7.63. The van der Waals surface area contributed by atoms with Crippen LogP contribution in [0.3, 0.4) is 0 Å². The first kappa shape index (κ1) is 15.5. The third-order valence-electron chi connectivity index (χ3n) is 3.84. The first-order valence-electron chi connectivity index (χ1n) is 7.63. The van der Waals surface area contributed by atoms with E-state index in [2.05, 4.69) is 44.1 Å². The molecule has 0 saturated carbocycles. The molecule has 1 saturated heterocycles. The van der Waals surface area contributed by atoms with E-state index >= 15 is 0 Å². The van der Waals surface area contributed by atoms with Crippen LogP contribution in [0, 0.1) is 12.8 Å². The van der Waals surface area contributed by atoms with Gasteiger partial charge in [0, 0.05) is 12.6 Å². The van der Waals surface area contributed by atoms with Crippen molar-refractivity contribution in [2.24, 2.45) is 5.92 Å². The Bertz CT molecular complexity index is 409. The lowest BCUT2D eigenvalue weighted by Crippen LogP contribution is -2.31. The third kappa shape index (κ3) is 4.33. The average molecular weight is 280 g/mol. The molecule has 0 aliphatic carbocycles. The molecule has 1 aromatic rings. The van der Waals surface area contributed by atoms with Gasteiger partial charge in [0.1, 0.15) is 11.5 Å². The van der Waals surface area contributed by atoms with Crippen molar-refractivity contribution in [3.05, 3.63) is 23.2 Å². The lowest BCUT2D eigenvalue weighted by molar-refractivity contribution is 0.151. The predicted octanol–water partition coefficient (Wildman–Crippen LogP) is 2.55. The molecule has 1 aliphatic rings. The SMILES string of the molecule is Cc1cc(CN(C)C2CCOC2)oc1CNCC(C)C. The third-order valence-corrected chi connectivity index (χ3v) is 3.84. The lowest BCUT2D eigenvalue weighted by Gasteiger charge is -2.21. The largest absolute Gasteiger partial charge is 0.463 e. The van der Waals surface area contributed by atoms with E-state index < -0.39 is 0 Å². The van der Waals surface area contributed by atoms with E-state index in [-0.39, 0.29) is 0 Å². The van der Waals surface area contributed by atoms with Gasteiger partial charge in [0.25, 0.3) is 0 Å². The Balaban J connectivity index is 1.86. The molecule has 0 bridgehead atoms. The molecule has 1 aromatic heterocycles. The van der Waals surface area contributed by atoms with E-state index in [1.807, 2.05) is 0 Å². The summed E-state index contributed by atoms with van der Waals surface area (Å²) in [6.07, 6.45) is 1.12. The number of rotatable bonds is 7. The normalized spacial score (nSPS) is 19.4. The highest BCUT2D eigenvalue weighted by Crippen LogP contribution is 2.19. The molecular weight excluding hydrogens is 252 g/mol. The first-order chi connectivity index (χ1) is 9.56. The lowest BCUT2D eigenvalue weighted by atomic mass is 10.2. The zero-order valence-electron chi connectivity index (χ0n) is 13.2. The maximum atomic E-state index is 5.98. The fourth-order valence-corrected chi connectivity index (χ4v) is 2.56. The monoisotopic (exact) mass is 280 g/mol. The summed E-state index contributed by atoms with van der Waals surface area (Å²) in [4.78, 5) is 2.33. The fraction of sp³-hybridized carbons (Fsp3) is 0.750. The average Bonchev–Trinajstić information content (AvgIpc) is 2.99. The maximum Gasteiger partial charge on any atom is 0.120 e. The van der Waals surface area contributed by atoms with Crippen LogP contribution in [0.4, 0.5) is 0 Å². The molecule has 1 unspecified atom stereocenters. The summed E-state index contributed by atoms with van der Waals surface area (Å²) in [5, 5.41) is 3.44. The van der Waals surface area contributed by atoms with Crippen molar-refractivity contribution in [3.8, 4) is 0 Å². The van der Waals surface area contributed by atoms with Gasteiger partial charge in [-0.3, -0.25) is 4.90 Å². The van der Waals surface area contributed by atoms with Gasteiger partial charge in [-0.1, -0.05) is 13.8 Å². The molecule has 1 fully saturated rings. The van der Waals surface area contributed by atoms with Gasteiger partial charge in [-0.05, 0) is 44.5 Å². The zero-order chi connectivity index (χ0) is 14.5. The van der Waals surface area contributed by atoms with Crippen molar-refractivity contribution in [2.75, 3.05) is 26.8 Å². The molecule has 0 amide bonds. The minimum atomic E-state index is 0.530. The number of likely N-dealkylation sites (N-methyl/N-ethyl adjacent to an activating group) is 1. The van der Waals surface area contributed by atoms with Crippen molar-refractivity contribution in [2.45, 2.75) is 46.3 Å². The predicted molar refractivity (Wildman–Crippen MR) is 80.7 cm³/mol. The minimum absolute atomic E-state index is 0.530. The van der Waals surface area contributed by atoms with Crippen LogP contribution in [0.25, 0.3) is 0 Å². The van der Waals surface area contributed by atoms with Crippen LogP contribution in [0.15, 0.2) is 10.5 Å². The second kappa shape index (κ2) is 7.25. The molecule has 1 aliphatic heterocycles. The van der Waals surface area contributed by atoms with E-state index in [1.165, 1.54) is 5.56 Å². The Kier molecular flexibility index (Phi) is 5.64. The molecule has 2 rings (SSSR count). The maximum absolute atomic E-state index is 5.98. The molecule has 0 aromatic carbocycles. The highest BCUT2D eigenvalue weighted by atomic mass is 16.5. The number of nitrogens with one attached hydrogen (secondary N) is 1. The summed E-state index contributed by atoms with van der Waals surface area (Å²) >= 11 is 0. The zero-order valence-corrected chi connectivity index (χ0v) is 13.2. The molecule has 0 radical (unpaired) electrons. The van der Waals surface area contributed by atoms with Crippen molar-refractivity contribution >= 4 is 0 Å². The van der Waals surface area contributed by atoms with Crippen LogP contribution in [-0.4, -0.2) is 37.7 Å². The summed E-state index contributed by atoms with van der Waals surface area (Å²) < 4.78 is 11.4. The highest BCUT2D eigenvalue weighted by Gasteiger charge is 2.21. The Labute approximate surface area is 122 Å². The molecule has 0 spiro atoms. The van der Waals surface area contributed by atoms with Gasteiger partial charge in [0.2, 0.25) is 0 Å². The molecule has 1 N–H and O–H groups in total. The van der Waals surface area contributed by atoms with E-state index in [1.54, 1.807) is 0 Å². The van der Waals surface area contributed by atoms with Crippen molar-refractivity contribution in [1.82, 2.24) is 10.2 Å². The van der Waals surface area contributed by atoms with E-state index in [0.29, 0.717) is 12.0 Å². The minimum Gasteiger partial charge on any atom is -0.463 e. The van der Waals surface area contributed by atoms with Gasteiger partial charge in [-0.15, -0.1) is 0 Å². The summed E-state index contributed by atoms with van der Waals surface area (Å²) in [6.45, 7) is 11.0. The molecule has 114 valence electrons. The topological polar surface area (TPSA) is 37.6 Å². The summed E-state index contributed by atoms with van der Waals surface area (Å²) in [7, 11) is 2.15. The number of hydrogen-bond acceptors (Lipinski definition) is 4. The number of aryl methyl sites for hydroxylation is 1. The van der Waals surface area contributed by atoms with E-state index in [4.69, 9.17) is 9.15 Å². The van der Waals surface area contributed by atoms with Crippen molar-refractivity contribution in [1.29, 1.82) is 0 Å². The summed E-state index contributed by atoms with van der Waals surface area (Å²) in [6, 6.07) is 2.70. The van der Waals surface area contributed by atoms with Gasteiger partial charge in [0.05, 0.1) is 19.7 Å². The Morgan fingerprint density at radius 2 is 2.25 bits per heavy atom. The van der Waals surface area contributed by atoms with Crippen LogP contribution in [0.2, 0.25) is 0 Å². The molecule has 4 heteroatoms. The number of ether oxygens (including phenoxy) is 1.